The summed E-state index contributed by atoms with van der Waals surface area (Å²) in [6.45, 7) is 4.16. The van der Waals surface area contributed by atoms with Gasteiger partial charge in [-0.3, -0.25) is 0 Å². The molecule has 0 amide bonds. The molecule has 1 fully saturated rings. The van der Waals surface area contributed by atoms with E-state index < -0.39 is 0 Å². The van der Waals surface area contributed by atoms with Gasteiger partial charge in [-0.2, -0.15) is 0 Å². The average molecular weight is 294 g/mol. The van der Waals surface area contributed by atoms with E-state index in [9.17, 15) is 10.2 Å². The Balaban J connectivity index is 1.64. The maximum Gasteiger partial charge on any atom is 0.101 e. The highest BCUT2D eigenvalue weighted by atomic mass is 16.5. The fraction of sp³-hybridized carbons (Fsp3) is 0.889. The highest BCUT2D eigenvalue weighted by molar-refractivity contribution is 5.22. The van der Waals surface area contributed by atoms with E-state index in [1.807, 2.05) is 6.92 Å². The zero-order valence-electron chi connectivity index (χ0n) is 13.4. The maximum atomic E-state index is 10.1. The van der Waals surface area contributed by atoms with Crippen molar-refractivity contribution in [3.63, 3.8) is 0 Å². The summed E-state index contributed by atoms with van der Waals surface area (Å²) < 4.78 is 6.34. The molecule has 3 rings (SSSR count). The minimum absolute atomic E-state index is 0.0804. The number of hydrogen-bond donors (Lipinski definition) is 2. The predicted molar refractivity (Wildman–Crippen MR) is 82.7 cm³/mol. The van der Waals surface area contributed by atoms with Crippen molar-refractivity contribution in [3.05, 3.63) is 11.3 Å². The molecule has 6 atom stereocenters. The zero-order chi connectivity index (χ0) is 15.0. The molecule has 0 aromatic carbocycles. The number of aliphatic hydroxyl groups is 2. The lowest BCUT2D eigenvalue weighted by Crippen LogP contribution is -2.34. The van der Waals surface area contributed by atoms with Crippen molar-refractivity contribution in [2.75, 3.05) is 0 Å². The molecule has 0 aromatic heterocycles. The second-order valence-electron chi connectivity index (χ2n) is 7.52. The first-order valence-corrected chi connectivity index (χ1v) is 8.81. The molecule has 0 saturated heterocycles. The topological polar surface area (TPSA) is 49.7 Å². The van der Waals surface area contributed by atoms with Gasteiger partial charge in [0.25, 0.3) is 0 Å². The molecule has 0 bridgehead atoms. The molecule has 21 heavy (non-hydrogen) atoms. The monoisotopic (exact) mass is 294 g/mol. The van der Waals surface area contributed by atoms with Crippen LogP contribution in [-0.2, 0) is 4.74 Å². The van der Waals surface area contributed by atoms with Crippen LogP contribution in [0.15, 0.2) is 11.3 Å². The molecular weight excluding hydrogens is 264 g/mol. The summed E-state index contributed by atoms with van der Waals surface area (Å²) in [7, 11) is 0. The number of fused-ring (bicyclic) bond motifs is 2. The van der Waals surface area contributed by atoms with E-state index in [4.69, 9.17) is 4.74 Å². The summed E-state index contributed by atoms with van der Waals surface area (Å²) in [6, 6.07) is 0. The van der Waals surface area contributed by atoms with Crippen LogP contribution >= 0.6 is 0 Å². The summed E-state index contributed by atoms with van der Waals surface area (Å²) >= 11 is 0. The van der Waals surface area contributed by atoms with E-state index in [0.717, 1.165) is 51.4 Å². The Kier molecular flexibility index (Phi) is 4.60. The van der Waals surface area contributed by atoms with E-state index in [1.54, 1.807) is 0 Å². The largest absolute Gasteiger partial charge is 0.495 e. The fourth-order valence-corrected chi connectivity index (χ4v) is 4.67. The first-order chi connectivity index (χ1) is 10.1. The first-order valence-electron chi connectivity index (χ1n) is 8.81. The quantitative estimate of drug-likeness (QED) is 0.835. The SMILES string of the molecule is CC(O)CCCC1OC2=C(CC1C)C1CCC(O)C1CC2. The Hall–Kier alpha value is -0.540. The van der Waals surface area contributed by atoms with Gasteiger partial charge in [0.1, 0.15) is 6.10 Å². The van der Waals surface area contributed by atoms with Gasteiger partial charge in [0, 0.05) is 6.42 Å². The summed E-state index contributed by atoms with van der Waals surface area (Å²) in [4.78, 5) is 0. The fourth-order valence-electron chi connectivity index (χ4n) is 4.67. The van der Waals surface area contributed by atoms with Crippen molar-refractivity contribution in [2.24, 2.45) is 17.8 Å². The molecule has 0 radical (unpaired) electrons. The van der Waals surface area contributed by atoms with Gasteiger partial charge in [0.15, 0.2) is 0 Å². The van der Waals surface area contributed by atoms with Gasteiger partial charge < -0.3 is 14.9 Å². The summed E-state index contributed by atoms with van der Waals surface area (Å²) in [5.41, 5.74) is 1.53. The van der Waals surface area contributed by atoms with Crippen molar-refractivity contribution >= 4 is 0 Å². The van der Waals surface area contributed by atoms with Crippen LogP contribution in [0.4, 0.5) is 0 Å². The van der Waals surface area contributed by atoms with Crippen molar-refractivity contribution in [2.45, 2.75) is 83.5 Å². The van der Waals surface area contributed by atoms with Crippen LogP contribution in [0.3, 0.4) is 0 Å². The Morgan fingerprint density at radius 3 is 2.86 bits per heavy atom. The lowest BCUT2D eigenvalue weighted by molar-refractivity contribution is 0.0147. The predicted octanol–water partition coefficient (Wildman–Crippen LogP) is 3.40. The van der Waals surface area contributed by atoms with Crippen LogP contribution in [0.25, 0.3) is 0 Å². The van der Waals surface area contributed by atoms with Crippen molar-refractivity contribution in [1.29, 1.82) is 0 Å². The Morgan fingerprint density at radius 1 is 1.29 bits per heavy atom. The molecule has 3 heteroatoms. The van der Waals surface area contributed by atoms with Crippen LogP contribution in [0.2, 0.25) is 0 Å². The van der Waals surface area contributed by atoms with Crippen LogP contribution in [0, 0.1) is 17.8 Å². The van der Waals surface area contributed by atoms with E-state index in [0.29, 0.717) is 23.9 Å². The van der Waals surface area contributed by atoms with Gasteiger partial charge >= 0.3 is 0 Å². The van der Waals surface area contributed by atoms with Gasteiger partial charge in [0.05, 0.1) is 18.0 Å². The van der Waals surface area contributed by atoms with Crippen molar-refractivity contribution in [1.82, 2.24) is 0 Å². The third-order valence-electron chi connectivity index (χ3n) is 5.88. The Morgan fingerprint density at radius 2 is 2.10 bits per heavy atom. The molecule has 1 heterocycles. The number of allylic oxidation sites excluding steroid dienone is 2. The third-order valence-corrected chi connectivity index (χ3v) is 5.88. The molecule has 2 N–H and O–H groups in total. The van der Waals surface area contributed by atoms with Gasteiger partial charge in [0.2, 0.25) is 0 Å². The van der Waals surface area contributed by atoms with E-state index in [1.165, 1.54) is 11.3 Å². The standard InChI is InChI=1S/C18H30O3/c1-11-10-15-13-6-8-16(20)14(13)7-9-18(15)21-17(11)5-3-4-12(2)19/h11-14,16-17,19-20H,3-10H2,1-2H3. The molecule has 3 nitrogen and oxygen atoms in total. The first kappa shape index (κ1) is 15.4. The maximum absolute atomic E-state index is 10.1. The summed E-state index contributed by atoms with van der Waals surface area (Å²) in [6.07, 6.45) is 8.40. The number of rotatable bonds is 4. The molecule has 1 saturated carbocycles. The van der Waals surface area contributed by atoms with Gasteiger partial charge in [-0.25, -0.2) is 0 Å². The van der Waals surface area contributed by atoms with E-state index >= 15 is 0 Å². The lowest BCUT2D eigenvalue weighted by atomic mass is 9.74. The molecule has 6 unspecified atom stereocenters. The zero-order valence-corrected chi connectivity index (χ0v) is 13.4. The van der Waals surface area contributed by atoms with Crippen molar-refractivity contribution in [3.8, 4) is 0 Å². The summed E-state index contributed by atoms with van der Waals surface area (Å²) in [5, 5.41) is 19.5. The van der Waals surface area contributed by atoms with Gasteiger partial charge in [-0.05, 0) is 75.2 Å². The Labute approximate surface area is 128 Å². The molecule has 120 valence electrons. The highest BCUT2D eigenvalue weighted by Gasteiger charge is 2.43. The van der Waals surface area contributed by atoms with Crippen LogP contribution < -0.4 is 0 Å². The van der Waals surface area contributed by atoms with Gasteiger partial charge in [-0.1, -0.05) is 6.92 Å². The average Bonchev–Trinajstić information content (AvgIpc) is 2.81. The molecule has 1 aliphatic heterocycles. The van der Waals surface area contributed by atoms with Crippen LogP contribution in [0.5, 0.6) is 0 Å². The second kappa shape index (κ2) is 6.29. The minimum atomic E-state index is -0.200. The third kappa shape index (κ3) is 3.14. The smallest absolute Gasteiger partial charge is 0.101 e. The lowest BCUT2D eigenvalue weighted by Gasteiger charge is -2.40. The van der Waals surface area contributed by atoms with Crippen LogP contribution in [0.1, 0.15) is 65.2 Å². The molecule has 3 aliphatic rings. The highest BCUT2D eigenvalue weighted by Crippen LogP contribution is 2.50. The summed E-state index contributed by atoms with van der Waals surface area (Å²) in [5.74, 6) is 2.90. The molecule has 2 aliphatic carbocycles. The minimum Gasteiger partial charge on any atom is -0.495 e. The molecule has 0 spiro atoms. The normalized spacial score (nSPS) is 40.5. The molecular formula is C18H30O3. The van der Waals surface area contributed by atoms with Gasteiger partial charge in [-0.15, -0.1) is 0 Å². The molecule has 0 aromatic rings. The van der Waals surface area contributed by atoms with E-state index in [-0.39, 0.29) is 12.2 Å². The Bertz CT molecular complexity index is 401. The van der Waals surface area contributed by atoms with Crippen molar-refractivity contribution < 1.29 is 14.9 Å². The number of ether oxygens (including phenoxy) is 1. The van der Waals surface area contributed by atoms with Crippen LogP contribution in [-0.4, -0.2) is 28.5 Å². The number of hydrogen-bond acceptors (Lipinski definition) is 3. The number of aliphatic hydroxyl groups excluding tert-OH is 2. The second-order valence-corrected chi connectivity index (χ2v) is 7.52. The van der Waals surface area contributed by atoms with E-state index in [2.05, 4.69) is 6.92 Å².